The summed E-state index contributed by atoms with van der Waals surface area (Å²) < 4.78 is 5.60. The van der Waals surface area contributed by atoms with Crippen LogP contribution in [0.25, 0.3) is 0 Å². The van der Waals surface area contributed by atoms with Crippen LogP contribution in [0.2, 0.25) is 0 Å². The van der Waals surface area contributed by atoms with Crippen LogP contribution in [0.1, 0.15) is 30.0 Å². The third-order valence-electron chi connectivity index (χ3n) is 3.53. The fraction of sp³-hybridized carbons (Fsp3) is 0.263. The van der Waals surface area contributed by atoms with Crippen molar-refractivity contribution in [2.24, 2.45) is 5.73 Å². The molecule has 2 amide bonds. The molecule has 24 heavy (non-hydrogen) atoms. The zero-order valence-corrected chi connectivity index (χ0v) is 13.7. The van der Waals surface area contributed by atoms with Crippen molar-refractivity contribution in [3.63, 3.8) is 0 Å². The molecule has 0 radical (unpaired) electrons. The second kappa shape index (κ2) is 8.72. The number of rotatable bonds is 8. The molecule has 1 atom stereocenters. The Morgan fingerprint density at radius 3 is 2.54 bits per heavy atom. The van der Waals surface area contributed by atoms with Gasteiger partial charge in [-0.15, -0.1) is 0 Å². The van der Waals surface area contributed by atoms with Gasteiger partial charge in [0, 0.05) is 6.42 Å². The molecule has 0 aromatic heterocycles. The number of nitrogens with two attached hydrogens (primary N) is 1. The van der Waals surface area contributed by atoms with Crippen LogP contribution in [0, 0.1) is 6.92 Å². The topological polar surface area (TPSA) is 81.4 Å². The van der Waals surface area contributed by atoms with E-state index in [9.17, 15) is 9.59 Å². The predicted molar refractivity (Wildman–Crippen MR) is 92.4 cm³/mol. The summed E-state index contributed by atoms with van der Waals surface area (Å²) in [5, 5.41) is 2.67. The number of benzene rings is 2. The first-order valence-electron chi connectivity index (χ1n) is 7.89. The highest BCUT2D eigenvalue weighted by atomic mass is 16.5. The molecule has 0 fully saturated rings. The van der Waals surface area contributed by atoms with Crippen molar-refractivity contribution in [3.05, 3.63) is 65.7 Å². The fourth-order valence-corrected chi connectivity index (χ4v) is 2.33. The molecule has 0 unspecified atom stereocenters. The van der Waals surface area contributed by atoms with Crippen LogP contribution < -0.4 is 15.8 Å². The summed E-state index contributed by atoms with van der Waals surface area (Å²) in [6.45, 7) is 2.43. The average molecular weight is 326 g/mol. The molecule has 0 bridgehead atoms. The van der Waals surface area contributed by atoms with Gasteiger partial charge in [0.05, 0.1) is 6.61 Å². The molecule has 2 aromatic carbocycles. The Labute approximate surface area is 141 Å². The van der Waals surface area contributed by atoms with Crippen LogP contribution in [-0.4, -0.2) is 18.4 Å². The zero-order valence-electron chi connectivity index (χ0n) is 13.7. The van der Waals surface area contributed by atoms with E-state index in [0.717, 1.165) is 11.3 Å². The molecule has 3 N–H and O–H groups in total. The van der Waals surface area contributed by atoms with Crippen molar-refractivity contribution in [1.82, 2.24) is 5.32 Å². The van der Waals surface area contributed by atoms with E-state index in [0.29, 0.717) is 18.6 Å². The lowest BCUT2D eigenvalue weighted by Gasteiger charge is -2.16. The van der Waals surface area contributed by atoms with Crippen molar-refractivity contribution in [3.8, 4) is 5.75 Å². The molecular weight excluding hydrogens is 304 g/mol. The Balaban J connectivity index is 1.78. The second-order valence-electron chi connectivity index (χ2n) is 5.58. The lowest BCUT2D eigenvalue weighted by atomic mass is 10.1. The predicted octanol–water partition coefficient (Wildman–Crippen LogP) is 2.50. The Bertz CT molecular complexity index is 686. The van der Waals surface area contributed by atoms with Crippen molar-refractivity contribution >= 4 is 11.8 Å². The maximum Gasteiger partial charge on any atom is 0.244 e. The van der Waals surface area contributed by atoms with Gasteiger partial charge >= 0.3 is 0 Å². The Morgan fingerprint density at radius 2 is 1.88 bits per heavy atom. The van der Waals surface area contributed by atoms with Crippen LogP contribution in [0.15, 0.2) is 54.6 Å². The third-order valence-corrected chi connectivity index (χ3v) is 3.53. The first kappa shape index (κ1) is 17.5. The van der Waals surface area contributed by atoms with Gasteiger partial charge in [-0.25, -0.2) is 0 Å². The Hall–Kier alpha value is -2.82. The van der Waals surface area contributed by atoms with E-state index in [1.807, 2.05) is 37.3 Å². The number of hydrogen-bond acceptors (Lipinski definition) is 3. The lowest BCUT2D eigenvalue weighted by Crippen LogP contribution is -2.37. The Morgan fingerprint density at radius 1 is 1.12 bits per heavy atom. The van der Waals surface area contributed by atoms with Gasteiger partial charge in [-0.1, -0.05) is 42.5 Å². The molecule has 5 nitrogen and oxygen atoms in total. The van der Waals surface area contributed by atoms with Crippen molar-refractivity contribution in [1.29, 1.82) is 0 Å². The molecule has 0 saturated heterocycles. The summed E-state index contributed by atoms with van der Waals surface area (Å²) >= 11 is 0. The molecular formula is C19H22N2O3. The maximum absolute atomic E-state index is 12.0. The summed E-state index contributed by atoms with van der Waals surface area (Å²) in [7, 11) is 0. The number of primary amides is 1. The van der Waals surface area contributed by atoms with Gasteiger partial charge in [-0.05, 0) is 36.6 Å². The van der Waals surface area contributed by atoms with Gasteiger partial charge in [0.25, 0.3) is 0 Å². The summed E-state index contributed by atoms with van der Waals surface area (Å²) in [6, 6.07) is 15.9. The van der Waals surface area contributed by atoms with Gasteiger partial charge in [-0.3, -0.25) is 9.59 Å². The maximum atomic E-state index is 12.0. The van der Waals surface area contributed by atoms with E-state index in [1.54, 1.807) is 24.3 Å². The van der Waals surface area contributed by atoms with E-state index in [-0.39, 0.29) is 12.3 Å². The third kappa shape index (κ3) is 5.43. The number of amides is 2. The number of aryl methyl sites for hydroxylation is 1. The smallest absolute Gasteiger partial charge is 0.244 e. The second-order valence-corrected chi connectivity index (χ2v) is 5.58. The van der Waals surface area contributed by atoms with Crippen LogP contribution in [-0.2, 0) is 9.59 Å². The van der Waals surface area contributed by atoms with E-state index in [1.165, 1.54) is 0 Å². The van der Waals surface area contributed by atoms with Crippen LogP contribution in [0.5, 0.6) is 5.75 Å². The summed E-state index contributed by atoms with van der Waals surface area (Å²) in [6.07, 6.45) is 0.822. The minimum absolute atomic E-state index is 0.226. The number of carbonyl (C=O) groups is 2. The first-order chi connectivity index (χ1) is 11.6. The minimum Gasteiger partial charge on any atom is -0.494 e. The van der Waals surface area contributed by atoms with Crippen molar-refractivity contribution in [2.45, 2.75) is 25.8 Å². The van der Waals surface area contributed by atoms with E-state index in [4.69, 9.17) is 10.5 Å². The van der Waals surface area contributed by atoms with Gasteiger partial charge < -0.3 is 15.8 Å². The summed E-state index contributed by atoms with van der Waals surface area (Å²) in [5.41, 5.74) is 7.18. The highest BCUT2D eigenvalue weighted by Gasteiger charge is 2.19. The van der Waals surface area contributed by atoms with E-state index < -0.39 is 11.9 Å². The molecule has 0 saturated carbocycles. The number of hydrogen-bond donors (Lipinski definition) is 2. The fourth-order valence-electron chi connectivity index (χ4n) is 2.33. The highest BCUT2D eigenvalue weighted by molar-refractivity contribution is 5.87. The molecule has 126 valence electrons. The van der Waals surface area contributed by atoms with Gasteiger partial charge in [0.15, 0.2) is 0 Å². The number of nitrogens with one attached hydrogen (secondary N) is 1. The van der Waals surface area contributed by atoms with E-state index >= 15 is 0 Å². The lowest BCUT2D eigenvalue weighted by molar-refractivity contribution is -0.127. The van der Waals surface area contributed by atoms with Gasteiger partial charge in [0.1, 0.15) is 11.8 Å². The van der Waals surface area contributed by atoms with Crippen LogP contribution >= 0.6 is 0 Å². The summed E-state index contributed by atoms with van der Waals surface area (Å²) in [5.74, 6) is -0.0178. The number of carbonyl (C=O) groups excluding carboxylic acids is 2. The molecule has 0 aliphatic rings. The highest BCUT2D eigenvalue weighted by Crippen LogP contribution is 2.14. The molecule has 0 aliphatic heterocycles. The molecule has 0 spiro atoms. The Kier molecular flexibility index (Phi) is 6.37. The van der Waals surface area contributed by atoms with Crippen molar-refractivity contribution in [2.75, 3.05) is 6.61 Å². The molecule has 5 heteroatoms. The first-order valence-corrected chi connectivity index (χ1v) is 7.89. The quantitative estimate of drug-likeness (QED) is 0.731. The normalized spacial score (nSPS) is 11.5. The largest absolute Gasteiger partial charge is 0.494 e. The summed E-state index contributed by atoms with van der Waals surface area (Å²) in [4.78, 5) is 23.6. The molecule has 0 aliphatic carbocycles. The van der Waals surface area contributed by atoms with E-state index in [2.05, 4.69) is 5.32 Å². The van der Waals surface area contributed by atoms with Crippen LogP contribution in [0.4, 0.5) is 0 Å². The minimum atomic E-state index is -0.809. The number of ether oxygens (including phenoxy) is 1. The monoisotopic (exact) mass is 326 g/mol. The van der Waals surface area contributed by atoms with Crippen LogP contribution in [0.3, 0.4) is 0 Å². The van der Waals surface area contributed by atoms with Gasteiger partial charge in [0.2, 0.25) is 11.8 Å². The average Bonchev–Trinajstić information content (AvgIpc) is 2.57. The standard InChI is InChI=1S/C19H22N2O3/c1-14-7-5-10-16(13-14)24-12-6-11-17(22)21-18(19(20)23)15-8-3-2-4-9-15/h2-5,7-10,13,18H,6,11-12H2,1H3,(H2,20,23)(H,21,22)/t18-/m1/s1. The van der Waals surface area contributed by atoms with Gasteiger partial charge in [-0.2, -0.15) is 0 Å². The van der Waals surface area contributed by atoms with Crippen molar-refractivity contribution < 1.29 is 14.3 Å². The molecule has 2 rings (SSSR count). The molecule has 0 heterocycles. The SMILES string of the molecule is Cc1cccc(OCCCC(=O)N[C@@H](C(N)=O)c2ccccc2)c1. The zero-order chi connectivity index (χ0) is 17.4. The molecule has 2 aromatic rings.